The molecule has 11 heteroatoms. The van der Waals surface area contributed by atoms with E-state index in [4.69, 9.17) is 6.42 Å². The molecule has 1 aromatic carbocycles. The number of fused-ring (bicyclic) bond motifs is 2. The van der Waals surface area contributed by atoms with Crippen LogP contribution < -0.4 is 10.9 Å². The van der Waals surface area contributed by atoms with E-state index in [9.17, 15) is 18.3 Å². The zero-order valence-corrected chi connectivity index (χ0v) is 22.9. The van der Waals surface area contributed by atoms with E-state index >= 15 is 0 Å². The fraction of sp³-hybridized carbons (Fsp3) is 0.379. The van der Waals surface area contributed by atoms with Crippen molar-refractivity contribution in [3.05, 3.63) is 64.7 Å². The fourth-order valence-corrected chi connectivity index (χ4v) is 7.60. The number of anilines is 1. The summed E-state index contributed by atoms with van der Waals surface area (Å²) in [5, 5.41) is 15.7. The first-order valence-corrected chi connectivity index (χ1v) is 14.8. The predicted molar refractivity (Wildman–Crippen MR) is 152 cm³/mol. The molecule has 0 bridgehead atoms. The van der Waals surface area contributed by atoms with E-state index in [1.54, 1.807) is 43.6 Å². The van der Waals surface area contributed by atoms with Crippen molar-refractivity contribution < 1.29 is 13.5 Å². The molecular formula is C29H30N6O4S. The number of piperidine rings is 1. The molecule has 0 spiro atoms. The number of para-hydroxylation sites is 1. The lowest BCUT2D eigenvalue weighted by molar-refractivity contribution is 0.0266. The van der Waals surface area contributed by atoms with Gasteiger partial charge in [0.15, 0.2) is 0 Å². The predicted octanol–water partition coefficient (Wildman–Crippen LogP) is 3.06. The third-order valence-corrected chi connectivity index (χ3v) is 10.0. The minimum absolute atomic E-state index is 0.0608. The Hall–Kier alpha value is -3.85. The lowest BCUT2D eigenvalue weighted by Gasteiger charge is -2.32. The maximum atomic E-state index is 13.5. The van der Waals surface area contributed by atoms with E-state index in [-0.39, 0.29) is 22.1 Å². The van der Waals surface area contributed by atoms with Gasteiger partial charge in [0.05, 0.1) is 22.7 Å². The van der Waals surface area contributed by atoms with E-state index in [1.165, 1.54) is 8.87 Å². The Morgan fingerprint density at radius 3 is 2.62 bits per heavy atom. The highest BCUT2D eigenvalue weighted by atomic mass is 32.2. The SMILES string of the molecule is C#Cc1cc2cnc(NC3CCN(S(=O)(=O)c4cccc5cccnc45)CC3)nc2n([C@@H]2CCC[C@@]2(C)O)c1=O. The summed E-state index contributed by atoms with van der Waals surface area (Å²) in [6.07, 6.45) is 12.0. The Balaban J connectivity index is 1.24. The van der Waals surface area contributed by atoms with Crippen LogP contribution in [0, 0.1) is 12.3 Å². The molecule has 1 aliphatic heterocycles. The maximum Gasteiger partial charge on any atom is 0.268 e. The Morgan fingerprint density at radius 1 is 1.12 bits per heavy atom. The quantitative estimate of drug-likeness (QED) is 0.358. The van der Waals surface area contributed by atoms with Crippen LogP contribution in [-0.4, -0.2) is 62.1 Å². The lowest BCUT2D eigenvalue weighted by Crippen LogP contribution is -2.42. The third-order valence-electron chi connectivity index (χ3n) is 8.12. The van der Waals surface area contributed by atoms with E-state index < -0.39 is 21.7 Å². The number of nitrogens with zero attached hydrogens (tertiary/aromatic N) is 5. The van der Waals surface area contributed by atoms with Crippen LogP contribution in [0.15, 0.2) is 58.5 Å². The Bertz CT molecular complexity index is 1820. The molecule has 1 saturated carbocycles. The van der Waals surface area contributed by atoms with Crippen LogP contribution in [0.25, 0.3) is 21.9 Å². The largest absolute Gasteiger partial charge is 0.388 e. The van der Waals surface area contributed by atoms with E-state index in [0.717, 1.165) is 11.8 Å². The van der Waals surface area contributed by atoms with Gasteiger partial charge in [0, 0.05) is 42.3 Å². The average molecular weight is 559 g/mol. The van der Waals surface area contributed by atoms with Gasteiger partial charge in [-0.25, -0.2) is 13.4 Å². The highest BCUT2D eigenvalue weighted by Crippen LogP contribution is 2.39. The van der Waals surface area contributed by atoms with Gasteiger partial charge in [-0.3, -0.25) is 14.3 Å². The number of pyridine rings is 2. The molecule has 0 unspecified atom stereocenters. The smallest absolute Gasteiger partial charge is 0.268 e. The number of aliphatic hydroxyl groups is 1. The van der Waals surface area contributed by atoms with Gasteiger partial charge in [-0.05, 0) is 57.2 Å². The van der Waals surface area contributed by atoms with Gasteiger partial charge in [-0.15, -0.1) is 6.42 Å². The monoisotopic (exact) mass is 558 g/mol. The minimum atomic E-state index is -3.72. The Morgan fingerprint density at radius 2 is 1.90 bits per heavy atom. The highest BCUT2D eigenvalue weighted by molar-refractivity contribution is 7.89. The average Bonchev–Trinajstić information content (AvgIpc) is 3.31. The van der Waals surface area contributed by atoms with Crippen molar-refractivity contribution in [3.63, 3.8) is 0 Å². The Kier molecular flexibility index (Phi) is 6.57. The van der Waals surface area contributed by atoms with E-state index in [1.807, 2.05) is 12.1 Å². The number of sulfonamides is 1. The zero-order chi connectivity index (χ0) is 28.1. The highest BCUT2D eigenvalue weighted by Gasteiger charge is 2.40. The number of hydrogen-bond acceptors (Lipinski definition) is 8. The molecule has 206 valence electrons. The summed E-state index contributed by atoms with van der Waals surface area (Å²) < 4.78 is 30.0. The summed E-state index contributed by atoms with van der Waals surface area (Å²) in [6, 6.07) is 9.92. The van der Waals surface area contributed by atoms with Crippen LogP contribution in [0.2, 0.25) is 0 Å². The molecule has 2 aliphatic rings. The first-order chi connectivity index (χ1) is 19.2. The summed E-state index contributed by atoms with van der Waals surface area (Å²) in [5.74, 6) is 2.79. The first-order valence-electron chi connectivity index (χ1n) is 13.4. The summed E-state index contributed by atoms with van der Waals surface area (Å²) in [5.41, 5.74) is -0.324. The van der Waals surface area contributed by atoms with Crippen LogP contribution in [0.3, 0.4) is 0 Å². The number of terminal acetylenes is 1. The standard InChI is InChI=1S/C29H30N6O4S/c1-3-19-17-21-18-31-28(33-26(21)35(27(19)36)24-10-5-13-29(24,2)37)32-22-11-15-34(16-12-22)40(38,39)23-9-4-7-20-8-6-14-30-25(20)23/h1,4,6-9,14,17-18,22,24,37H,5,10-13,15-16H2,2H3,(H,31,32,33)/t24-,29-/m1/s1. The van der Waals surface area contributed by atoms with Crippen molar-refractivity contribution in [3.8, 4) is 12.3 Å². The lowest BCUT2D eigenvalue weighted by atomic mass is 9.99. The van der Waals surface area contributed by atoms with Crippen molar-refractivity contribution in [1.29, 1.82) is 0 Å². The van der Waals surface area contributed by atoms with Gasteiger partial charge in [0.25, 0.3) is 5.56 Å². The van der Waals surface area contributed by atoms with Gasteiger partial charge in [0.1, 0.15) is 10.5 Å². The zero-order valence-electron chi connectivity index (χ0n) is 22.1. The molecule has 2 N–H and O–H groups in total. The van der Waals surface area contributed by atoms with Crippen LogP contribution >= 0.6 is 0 Å². The molecule has 0 amide bonds. The molecular weight excluding hydrogens is 528 g/mol. The number of aromatic nitrogens is 4. The number of nitrogens with one attached hydrogen (secondary N) is 1. The fourth-order valence-electron chi connectivity index (χ4n) is 5.97. The molecule has 3 aromatic heterocycles. The molecule has 1 saturated heterocycles. The number of hydrogen-bond donors (Lipinski definition) is 2. The van der Waals surface area contributed by atoms with Crippen molar-refractivity contribution in [2.24, 2.45) is 0 Å². The van der Waals surface area contributed by atoms with Crippen LogP contribution in [-0.2, 0) is 10.0 Å². The van der Waals surface area contributed by atoms with E-state index in [2.05, 4.69) is 26.2 Å². The molecule has 6 rings (SSSR count). The van der Waals surface area contributed by atoms with Crippen molar-refractivity contribution in [1.82, 2.24) is 23.8 Å². The van der Waals surface area contributed by atoms with Gasteiger partial charge < -0.3 is 10.4 Å². The Labute approximate surface area is 232 Å². The second kappa shape index (κ2) is 9.96. The molecule has 40 heavy (non-hydrogen) atoms. The summed E-state index contributed by atoms with van der Waals surface area (Å²) >= 11 is 0. The molecule has 2 fully saturated rings. The minimum Gasteiger partial charge on any atom is -0.388 e. The normalized spacial score (nSPS) is 22.5. The van der Waals surface area contributed by atoms with Gasteiger partial charge >= 0.3 is 0 Å². The van der Waals surface area contributed by atoms with Gasteiger partial charge in [0.2, 0.25) is 16.0 Å². The molecule has 4 aromatic rings. The summed E-state index contributed by atoms with van der Waals surface area (Å²) in [4.78, 5) is 26.9. The van der Waals surface area contributed by atoms with Gasteiger partial charge in [-0.1, -0.05) is 24.1 Å². The maximum absolute atomic E-state index is 13.5. The molecule has 4 heterocycles. The van der Waals surface area contributed by atoms with Crippen LogP contribution in [0.1, 0.15) is 50.6 Å². The molecule has 0 radical (unpaired) electrons. The summed E-state index contributed by atoms with van der Waals surface area (Å²) in [6.45, 7) is 2.40. The van der Waals surface area contributed by atoms with E-state index in [0.29, 0.717) is 61.3 Å². The van der Waals surface area contributed by atoms with Crippen molar-refractivity contribution in [2.75, 3.05) is 18.4 Å². The number of benzene rings is 1. The molecule has 10 nitrogen and oxygen atoms in total. The van der Waals surface area contributed by atoms with Crippen molar-refractivity contribution >= 4 is 37.9 Å². The molecule has 2 atom stereocenters. The van der Waals surface area contributed by atoms with Crippen LogP contribution in [0.5, 0.6) is 0 Å². The van der Waals surface area contributed by atoms with Crippen molar-refractivity contribution in [2.45, 2.75) is 61.6 Å². The third kappa shape index (κ3) is 4.52. The molecule has 1 aliphatic carbocycles. The summed E-state index contributed by atoms with van der Waals surface area (Å²) in [7, 11) is -3.72. The first kappa shape index (κ1) is 26.4. The second-order valence-corrected chi connectivity index (χ2v) is 12.7. The second-order valence-electron chi connectivity index (χ2n) is 10.8. The number of rotatable bonds is 5. The van der Waals surface area contributed by atoms with Gasteiger partial charge in [-0.2, -0.15) is 9.29 Å². The van der Waals surface area contributed by atoms with Crippen LogP contribution in [0.4, 0.5) is 5.95 Å². The topological polar surface area (TPSA) is 130 Å².